The molecular formula is C11H18O3. The number of carbonyl (C=O) groups excluding carboxylic acids is 1. The van der Waals surface area contributed by atoms with Crippen LogP contribution in [0, 0.1) is 0 Å². The second kappa shape index (κ2) is 5.15. The first kappa shape index (κ1) is 11.2. The normalized spacial score (nSPS) is 28.6. The Labute approximate surface area is 84.8 Å². The summed E-state index contributed by atoms with van der Waals surface area (Å²) in [6.45, 7) is 3.52. The second-order valence-electron chi connectivity index (χ2n) is 3.77. The zero-order valence-corrected chi connectivity index (χ0v) is 8.82. The molecule has 0 bridgehead atoms. The van der Waals surface area contributed by atoms with E-state index in [0.717, 1.165) is 25.7 Å². The van der Waals surface area contributed by atoms with Gasteiger partial charge in [-0.25, -0.2) is 4.79 Å². The van der Waals surface area contributed by atoms with Crippen LogP contribution in [0.3, 0.4) is 0 Å². The summed E-state index contributed by atoms with van der Waals surface area (Å²) in [5, 5.41) is 9.58. The highest BCUT2D eigenvalue weighted by atomic mass is 16.6. The molecule has 2 atom stereocenters. The van der Waals surface area contributed by atoms with Gasteiger partial charge in [0.05, 0.1) is 6.10 Å². The lowest BCUT2D eigenvalue weighted by atomic mass is 9.95. The van der Waals surface area contributed by atoms with Gasteiger partial charge in [0, 0.05) is 5.57 Å². The van der Waals surface area contributed by atoms with E-state index in [1.807, 2.05) is 0 Å². The van der Waals surface area contributed by atoms with Crippen LogP contribution in [0.5, 0.6) is 0 Å². The maximum absolute atomic E-state index is 11.4. The lowest BCUT2D eigenvalue weighted by Crippen LogP contribution is -2.34. The Balaban J connectivity index is 2.46. The quantitative estimate of drug-likeness (QED) is 0.543. The maximum atomic E-state index is 11.4. The lowest BCUT2D eigenvalue weighted by Gasteiger charge is -2.27. The molecule has 0 aromatic heterocycles. The lowest BCUT2D eigenvalue weighted by molar-refractivity contribution is -0.152. The molecule has 1 rings (SSSR count). The van der Waals surface area contributed by atoms with Gasteiger partial charge in [0.1, 0.15) is 6.10 Å². The molecule has 0 heterocycles. The van der Waals surface area contributed by atoms with E-state index in [0.29, 0.717) is 5.57 Å². The monoisotopic (exact) mass is 198 g/mol. The van der Waals surface area contributed by atoms with E-state index in [1.165, 1.54) is 0 Å². The number of ether oxygens (including phenoxy) is 1. The third-order valence-electron chi connectivity index (χ3n) is 2.68. The topological polar surface area (TPSA) is 46.5 Å². The van der Waals surface area contributed by atoms with Crippen molar-refractivity contribution in [1.82, 2.24) is 0 Å². The maximum Gasteiger partial charge on any atom is 0.333 e. The molecule has 0 aromatic rings. The van der Waals surface area contributed by atoms with Gasteiger partial charge in [-0.1, -0.05) is 12.5 Å². The molecule has 80 valence electrons. The number of rotatable bonds is 2. The van der Waals surface area contributed by atoms with Crippen LogP contribution in [-0.4, -0.2) is 23.3 Å². The molecule has 2 unspecified atom stereocenters. The molecule has 3 heteroatoms. The van der Waals surface area contributed by atoms with Gasteiger partial charge in [-0.15, -0.1) is 0 Å². The Morgan fingerprint density at radius 3 is 2.64 bits per heavy atom. The minimum absolute atomic E-state index is 0.300. The van der Waals surface area contributed by atoms with Crippen molar-refractivity contribution in [2.24, 2.45) is 0 Å². The largest absolute Gasteiger partial charge is 0.456 e. The smallest absolute Gasteiger partial charge is 0.333 e. The average Bonchev–Trinajstić information content (AvgIpc) is 2.20. The summed E-state index contributed by atoms with van der Waals surface area (Å²) < 4.78 is 5.20. The summed E-state index contributed by atoms with van der Waals surface area (Å²) in [6.07, 6.45) is 4.53. The van der Waals surface area contributed by atoms with E-state index in [4.69, 9.17) is 4.74 Å². The van der Waals surface area contributed by atoms with Gasteiger partial charge < -0.3 is 9.84 Å². The molecule has 1 aliphatic carbocycles. The second-order valence-corrected chi connectivity index (χ2v) is 3.77. The minimum atomic E-state index is -0.475. The van der Waals surface area contributed by atoms with Crippen LogP contribution in [0.25, 0.3) is 0 Å². The Morgan fingerprint density at radius 1 is 1.43 bits per heavy atom. The number of allylic oxidation sites excluding steroid dienone is 1. The van der Waals surface area contributed by atoms with E-state index in [2.05, 4.69) is 0 Å². The van der Waals surface area contributed by atoms with Gasteiger partial charge >= 0.3 is 5.97 Å². The Morgan fingerprint density at radius 2 is 2.07 bits per heavy atom. The van der Waals surface area contributed by atoms with E-state index in [9.17, 15) is 9.90 Å². The van der Waals surface area contributed by atoms with E-state index in [1.54, 1.807) is 19.9 Å². The van der Waals surface area contributed by atoms with Crippen LogP contribution in [0.15, 0.2) is 11.6 Å². The van der Waals surface area contributed by atoms with E-state index in [-0.39, 0.29) is 12.1 Å². The fourth-order valence-corrected chi connectivity index (χ4v) is 1.56. The molecule has 0 radical (unpaired) electrons. The third-order valence-corrected chi connectivity index (χ3v) is 2.68. The number of esters is 1. The molecule has 3 nitrogen and oxygen atoms in total. The van der Waals surface area contributed by atoms with Crippen LogP contribution in [0.2, 0.25) is 0 Å². The molecule has 1 aliphatic rings. The molecule has 1 N–H and O–H groups in total. The van der Waals surface area contributed by atoms with Gasteiger partial charge in [0.25, 0.3) is 0 Å². The van der Waals surface area contributed by atoms with Crippen LogP contribution < -0.4 is 0 Å². The highest BCUT2D eigenvalue weighted by Gasteiger charge is 2.26. The number of hydrogen-bond acceptors (Lipinski definition) is 3. The van der Waals surface area contributed by atoms with Gasteiger partial charge in [-0.3, -0.25) is 0 Å². The van der Waals surface area contributed by atoms with Crippen molar-refractivity contribution < 1.29 is 14.6 Å². The SMILES string of the molecule is CC=C(C)C(=O)OC1CCCCC1O. The summed E-state index contributed by atoms with van der Waals surface area (Å²) in [7, 11) is 0. The third kappa shape index (κ3) is 2.84. The van der Waals surface area contributed by atoms with Crippen molar-refractivity contribution in [3.63, 3.8) is 0 Å². The van der Waals surface area contributed by atoms with Gasteiger partial charge in [-0.05, 0) is 33.1 Å². The van der Waals surface area contributed by atoms with Crippen molar-refractivity contribution in [3.05, 3.63) is 11.6 Å². The Kier molecular flexibility index (Phi) is 4.14. The van der Waals surface area contributed by atoms with Crippen molar-refractivity contribution in [3.8, 4) is 0 Å². The molecule has 0 aliphatic heterocycles. The minimum Gasteiger partial charge on any atom is -0.456 e. The number of aliphatic hydroxyl groups excluding tert-OH is 1. The van der Waals surface area contributed by atoms with Crippen molar-refractivity contribution in [1.29, 1.82) is 0 Å². The molecular weight excluding hydrogens is 180 g/mol. The Hall–Kier alpha value is -0.830. The van der Waals surface area contributed by atoms with Gasteiger partial charge in [0.2, 0.25) is 0 Å². The Bertz CT molecular complexity index is 233. The van der Waals surface area contributed by atoms with Gasteiger partial charge in [-0.2, -0.15) is 0 Å². The number of hydrogen-bond donors (Lipinski definition) is 1. The number of carbonyl (C=O) groups is 1. The molecule has 0 saturated heterocycles. The molecule has 0 amide bonds. The molecule has 0 aromatic carbocycles. The molecule has 0 spiro atoms. The molecule has 1 fully saturated rings. The molecule has 1 saturated carbocycles. The van der Waals surface area contributed by atoms with Crippen LogP contribution in [-0.2, 0) is 9.53 Å². The fraction of sp³-hybridized carbons (Fsp3) is 0.727. The average molecular weight is 198 g/mol. The summed E-state index contributed by atoms with van der Waals surface area (Å²) in [5.74, 6) is -0.307. The first-order chi connectivity index (χ1) is 6.65. The number of aliphatic hydroxyl groups is 1. The van der Waals surface area contributed by atoms with Crippen molar-refractivity contribution in [2.45, 2.75) is 51.7 Å². The first-order valence-electron chi connectivity index (χ1n) is 5.17. The van der Waals surface area contributed by atoms with Gasteiger partial charge in [0.15, 0.2) is 0 Å². The highest BCUT2D eigenvalue weighted by molar-refractivity contribution is 5.87. The predicted octanol–water partition coefficient (Wildman–Crippen LogP) is 1.80. The van der Waals surface area contributed by atoms with Crippen LogP contribution in [0.4, 0.5) is 0 Å². The molecule has 14 heavy (non-hydrogen) atoms. The van der Waals surface area contributed by atoms with Crippen LogP contribution >= 0.6 is 0 Å². The first-order valence-corrected chi connectivity index (χ1v) is 5.17. The summed E-state index contributed by atoms with van der Waals surface area (Å²) >= 11 is 0. The standard InChI is InChI=1S/C11H18O3/c1-3-8(2)11(13)14-10-7-5-4-6-9(10)12/h3,9-10,12H,4-7H2,1-2H3. The summed E-state index contributed by atoms with van der Waals surface area (Å²) in [5.41, 5.74) is 0.600. The van der Waals surface area contributed by atoms with Crippen molar-refractivity contribution in [2.75, 3.05) is 0 Å². The zero-order chi connectivity index (χ0) is 10.6. The van der Waals surface area contributed by atoms with E-state index >= 15 is 0 Å². The predicted molar refractivity (Wildman–Crippen MR) is 53.8 cm³/mol. The zero-order valence-electron chi connectivity index (χ0n) is 8.82. The summed E-state index contributed by atoms with van der Waals surface area (Å²) in [4.78, 5) is 11.4. The fourth-order valence-electron chi connectivity index (χ4n) is 1.56. The van der Waals surface area contributed by atoms with Crippen molar-refractivity contribution >= 4 is 5.97 Å². The van der Waals surface area contributed by atoms with Crippen LogP contribution in [0.1, 0.15) is 39.5 Å². The van der Waals surface area contributed by atoms with E-state index < -0.39 is 6.10 Å². The highest BCUT2D eigenvalue weighted by Crippen LogP contribution is 2.21. The summed E-state index contributed by atoms with van der Waals surface area (Å²) in [6, 6.07) is 0.